The van der Waals surface area contributed by atoms with Gasteiger partial charge in [-0.05, 0) is 39.2 Å². The Morgan fingerprint density at radius 3 is 2.74 bits per heavy atom. The average Bonchev–Trinajstić information content (AvgIpc) is 2.87. The van der Waals surface area contributed by atoms with E-state index in [2.05, 4.69) is 27.2 Å². The van der Waals surface area contributed by atoms with Crippen molar-refractivity contribution < 1.29 is 8.42 Å². The second-order valence-corrected chi connectivity index (χ2v) is 7.03. The van der Waals surface area contributed by atoms with Crippen molar-refractivity contribution in [1.82, 2.24) is 20.2 Å². The number of sulfonamides is 1. The average molecular weight is 286 g/mol. The number of aryl methyl sites for hydroxylation is 1. The van der Waals surface area contributed by atoms with E-state index in [-0.39, 0.29) is 11.1 Å². The van der Waals surface area contributed by atoms with Crippen LogP contribution in [-0.4, -0.2) is 31.7 Å². The van der Waals surface area contributed by atoms with Crippen LogP contribution in [0.3, 0.4) is 0 Å². The zero-order valence-corrected chi connectivity index (χ0v) is 12.5. The molecule has 2 unspecified atom stereocenters. The molecule has 2 atom stereocenters. The van der Waals surface area contributed by atoms with Crippen molar-refractivity contribution >= 4 is 10.0 Å². The van der Waals surface area contributed by atoms with Crippen molar-refractivity contribution in [1.29, 1.82) is 0 Å². The maximum Gasteiger partial charge on any atom is 0.260 e. The van der Waals surface area contributed by atoms with Gasteiger partial charge in [-0.25, -0.2) is 13.1 Å². The molecule has 1 aliphatic carbocycles. The third kappa shape index (κ3) is 3.16. The summed E-state index contributed by atoms with van der Waals surface area (Å²) in [7, 11) is -1.74. The zero-order valence-electron chi connectivity index (χ0n) is 11.7. The van der Waals surface area contributed by atoms with Gasteiger partial charge in [0.2, 0.25) is 0 Å². The number of hydrogen-bond acceptors (Lipinski definition) is 4. The van der Waals surface area contributed by atoms with Gasteiger partial charge in [-0.3, -0.25) is 5.10 Å². The third-order valence-corrected chi connectivity index (χ3v) is 5.15. The predicted molar refractivity (Wildman–Crippen MR) is 73.2 cm³/mol. The van der Waals surface area contributed by atoms with E-state index in [1.165, 1.54) is 0 Å². The maximum absolute atomic E-state index is 12.4. The van der Waals surface area contributed by atoms with Gasteiger partial charge in [-0.15, -0.1) is 0 Å². The van der Waals surface area contributed by atoms with Crippen LogP contribution >= 0.6 is 0 Å². The number of nitrogens with zero attached hydrogens (tertiary/aromatic N) is 1. The Bertz CT molecular complexity index is 538. The van der Waals surface area contributed by atoms with Crippen molar-refractivity contribution in [2.75, 3.05) is 7.05 Å². The van der Waals surface area contributed by atoms with Crippen LogP contribution in [0.4, 0.5) is 0 Å². The second-order valence-electron chi connectivity index (χ2n) is 5.40. The number of nitrogens with one attached hydrogen (secondary N) is 3. The minimum Gasteiger partial charge on any atom is -0.316 e. The standard InChI is InChI=1S/C12H22N4O2S/c1-8-4-5-10(6-8)16-19(17,18)12-11(7-13-3)9(2)14-15-12/h8,10,13,16H,4-7H2,1-3H3,(H,14,15). The van der Waals surface area contributed by atoms with Crippen molar-refractivity contribution in [3.05, 3.63) is 11.3 Å². The smallest absolute Gasteiger partial charge is 0.260 e. The summed E-state index contributed by atoms with van der Waals surface area (Å²) in [5.41, 5.74) is 1.50. The summed E-state index contributed by atoms with van der Waals surface area (Å²) in [6.07, 6.45) is 2.89. The van der Waals surface area contributed by atoms with Gasteiger partial charge in [-0.2, -0.15) is 5.10 Å². The quantitative estimate of drug-likeness (QED) is 0.750. The van der Waals surface area contributed by atoms with E-state index >= 15 is 0 Å². The van der Waals surface area contributed by atoms with Crippen LogP contribution in [0.2, 0.25) is 0 Å². The van der Waals surface area contributed by atoms with Crippen LogP contribution in [0.25, 0.3) is 0 Å². The Morgan fingerprint density at radius 1 is 1.42 bits per heavy atom. The number of H-pyrrole nitrogens is 1. The summed E-state index contributed by atoms with van der Waals surface area (Å²) in [6.45, 7) is 4.47. The van der Waals surface area contributed by atoms with Gasteiger partial charge in [0, 0.05) is 23.8 Å². The van der Waals surface area contributed by atoms with Gasteiger partial charge in [0.05, 0.1) is 0 Å². The van der Waals surface area contributed by atoms with Crippen molar-refractivity contribution in [2.45, 2.75) is 50.7 Å². The van der Waals surface area contributed by atoms with Gasteiger partial charge in [-0.1, -0.05) is 6.92 Å². The first kappa shape index (κ1) is 14.5. The Labute approximate surface area is 114 Å². The molecule has 1 saturated carbocycles. The topological polar surface area (TPSA) is 86.9 Å². The first-order valence-corrected chi connectivity index (χ1v) is 8.13. The highest BCUT2D eigenvalue weighted by molar-refractivity contribution is 7.89. The van der Waals surface area contributed by atoms with Crippen LogP contribution in [0, 0.1) is 12.8 Å². The molecular formula is C12H22N4O2S. The molecule has 19 heavy (non-hydrogen) atoms. The Hall–Kier alpha value is -0.920. The fraction of sp³-hybridized carbons (Fsp3) is 0.750. The second kappa shape index (κ2) is 5.60. The minimum absolute atomic E-state index is 0.0411. The molecule has 0 spiro atoms. The molecule has 108 valence electrons. The summed E-state index contributed by atoms with van der Waals surface area (Å²) in [5, 5.41) is 9.80. The normalized spacial score (nSPS) is 23.9. The predicted octanol–water partition coefficient (Wildman–Crippen LogP) is 0.904. The molecule has 1 aromatic heterocycles. The van der Waals surface area contributed by atoms with Gasteiger partial charge < -0.3 is 5.32 Å². The molecule has 0 bridgehead atoms. The van der Waals surface area contributed by atoms with Gasteiger partial charge >= 0.3 is 0 Å². The van der Waals surface area contributed by atoms with E-state index in [9.17, 15) is 8.42 Å². The largest absolute Gasteiger partial charge is 0.316 e. The number of aromatic amines is 1. The fourth-order valence-corrected chi connectivity index (χ4v) is 4.11. The lowest BCUT2D eigenvalue weighted by Crippen LogP contribution is -2.34. The van der Waals surface area contributed by atoms with Crippen molar-refractivity contribution in [3.63, 3.8) is 0 Å². The van der Waals surface area contributed by atoms with Crippen LogP contribution < -0.4 is 10.0 Å². The summed E-state index contributed by atoms with van der Waals surface area (Å²) in [5.74, 6) is 0.588. The SMILES string of the molecule is CNCc1c(S(=O)(=O)NC2CCC(C)C2)n[nH]c1C. The van der Waals surface area contributed by atoms with E-state index in [0.717, 1.165) is 25.0 Å². The molecular weight excluding hydrogens is 264 g/mol. The van der Waals surface area contributed by atoms with E-state index < -0.39 is 10.0 Å². The first-order valence-electron chi connectivity index (χ1n) is 6.64. The molecule has 3 N–H and O–H groups in total. The van der Waals surface area contributed by atoms with Gasteiger partial charge in [0.15, 0.2) is 5.03 Å². The molecule has 1 aromatic rings. The highest BCUT2D eigenvalue weighted by atomic mass is 32.2. The molecule has 2 rings (SSSR count). The maximum atomic E-state index is 12.4. The van der Waals surface area contributed by atoms with Crippen molar-refractivity contribution in [3.8, 4) is 0 Å². The summed E-state index contributed by atoms with van der Waals surface area (Å²) in [4.78, 5) is 0. The molecule has 0 aliphatic heterocycles. The first-order chi connectivity index (χ1) is 8.94. The van der Waals surface area contributed by atoms with Crippen LogP contribution in [0.15, 0.2) is 5.03 Å². The lowest BCUT2D eigenvalue weighted by molar-refractivity contribution is 0.534. The van der Waals surface area contributed by atoms with E-state index in [0.29, 0.717) is 18.0 Å². The summed E-state index contributed by atoms with van der Waals surface area (Å²) in [6, 6.07) is 0.0411. The molecule has 0 aromatic carbocycles. The Morgan fingerprint density at radius 2 is 2.16 bits per heavy atom. The fourth-order valence-electron chi connectivity index (χ4n) is 2.63. The molecule has 0 amide bonds. The Balaban J connectivity index is 2.19. The van der Waals surface area contributed by atoms with Crippen LogP contribution in [0.5, 0.6) is 0 Å². The monoisotopic (exact) mass is 286 g/mol. The molecule has 1 heterocycles. The van der Waals surface area contributed by atoms with Crippen LogP contribution in [-0.2, 0) is 16.6 Å². The third-order valence-electron chi connectivity index (χ3n) is 3.66. The molecule has 1 fully saturated rings. The van der Waals surface area contributed by atoms with Gasteiger partial charge in [0.1, 0.15) is 0 Å². The molecule has 6 nitrogen and oxygen atoms in total. The lowest BCUT2D eigenvalue weighted by atomic mass is 10.1. The molecule has 0 saturated heterocycles. The summed E-state index contributed by atoms with van der Waals surface area (Å²) >= 11 is 0. The van der Waals surface area contributed by atoms with Crippen molar-refractivity contribution in [2.24, 2.45) is 5.92 Å². The highest BCUT2D eigenvalue weighted by Gasteiger charge is 2.29. The molecule has 0 radical (unpaired) electrons. The Kier molecular flexibility index (Phi) is 4.27. The summed E-state index contributed by atoms with van der Waals surface area (Å²) < 4.78 is 27.5. The zero-order chi connectivity index (χ0) is 14.0. The highest BCUT2D eigenvalue weighted by Crippen LogP contribution is 2.26. The van der Waals surface area contributed by atoms with Crippen LogP contribution in [0.1, 0.15) is 37.4 Å². The minimum atomic E-state index is -3.53. The molecule has 7 heteroatoms. The number of rotatable bonds is 5. The lowest BCUT2D eigenvalue weighted by Gasteiger charge is -2.12. The van der Waals surface area contributed by atoms with E-state index in [1.807, 2.05) is 6.92 Å². The number of aromatic nitrogens is 2. The van der Waals surface area contributed by atoms with E-state index in [1.54, 1.807) is 7.05 Å². The number of hydrogen-bond donors (Lipinski definition) is 3. The molecule has 1 aliphatic rings. The van der Waals surface area contributed by atoms with E-state index in [4.69, 9.17) is 0 Å². The van der Waals surface area contributed by atoms with Gasteiger partial charge in [0.25, 0.3) is 10.0 Å².